The Kier molecular flexibility index (Phi) is 25.0. The van der Waals surface area contributed by atoms with Crippen LogP contribution in [-0.4, -0.2) is 36.4 Å². The molecule has 184 valence electrons. The van der Waals surface area contributed by atoms with Gasteiger partial charge in [0.2, 0.25) is 11.8 Å². The normalized spacial score (nSPS) is 10.9. The molecule has 0 atom stereocenters. The van der Waals surface area contributed by atoms with Gasteiger partial charge in [-0.2, -0.15) is 11.8 Å². The van der Waals surface area contributed by atoms with Gasteiger partial charge in [-0.25, -0.2) is 0 Å². The van der Waals surface area contributed by atoms with E-state index in [2.05, 4.69) is 24.5 Å². The summed E-state index contributed by atoms with van der Waals surface area (Å²) in [6.45, 7) is 6.10. The average molecular weight is 457 g/mol. The van der Waals surface area contributed by atoms with E-state index in [0.717, 1.165) is 37.4 Å². The molecule has 0 spiro atoms. The van der Waals surface area contributed by atoms with Crippen LogP contribution in [0.15, 0.2) is 0 Å². The summed E-state index contributed by atoms with van der Waals surface area (Å²) >= 11 is 1.70. The highest BCUT2D eigenvalue weighted by atomic mass is 32.2. The van der Waals surface area contributed by atoms with Crippen LogP contribution >= 0.6 is 11.8 Å². The molecule has 0 saturated carbocycles. The van der Waals surface area contributed by atoms with Crippen molar-refractivity contribution in [2.75, 3.05) is 24.6 Å². The molecule has 0 heterocycles. The summed E-state index contributed by atoms with van der Waals surface area (Å²) in [6, 6.07) is 0. The van der Waals surface area contributed by atoms with Gasteiger partial charge in [-0.15, -0.1) is 0 Å². The molecular formula is C26H52N2O2S. The number of hydrogen-bond donors (Lipinski definition) is 2. The maximum Gasteiger partial charge on any atom is 0.220 e. The maximum atomic E-state index is 11.8. The quantitative estimate of drug-likeness (QED) is 0.153. The molecule has 0 aromatic heterocycles. The zero-order valence-electron chi connectivity index (χ0n) is 20.8. The van der Waals surface area contributed by atoms with Gasteiger partial charge in [-0.3, -0.25) is 9.59 Å². The Morgan fingerprint density at radius 2 is 0.839 bits per heavy atom. The van der Waals surface area contributed by atoms with E-state index < -0.39 is 0 Å². The molecule has 0 aromatic carbocycles. The van der Waals surface area contributed by atoms with Crippen molar-refractivity contribution in [1.29, 1.82) is 0 Å². The average Bonchev–Trinajstić information content (AvgIpc) is 2.76. The molecule has 0 aromatic rings. The topological polar surface area (TPSA) is 58.2 Å². The zero-order chi connectivity index (χ0) is 22.8. The number of thioether (sulfide) groups is 1. The predicted octanol–water partition coefficient (Wildman–Crippen LogP) is 7.01. The predicted molar refractivity (Wildman–Crippen MR) is 138 cm³/mol. The minimum absolute atomic E-state index is 0.148. The van der Waals surface area contributed by atoms with Crippen molar-refractivity contribution >= 4 is 23.6 Å². The molecule has 0 aliphatic heterocycles. The lowest BCUT2D eigenvalue weighted by Crippen LogP contribution is -2.25. The number of amides is 2. The molecule has 2 N–H and O–H groups in total. The van der Waals surface area contributed by atoms with E-state index in [9.17, 15) is 9.59 Å². The first kappa shape index (κ1) is 30.3. The van der Waals surface area contributed by atoms with Gasteiger partial charge in [0, 0.05) is 37.4 Å². The highest BCUT2D eigenvalue weighted by Crippen LogP contribution is 2.09. The first-order chi connectivity index (χ1) is 15.2. The second-order valence-corrected chi connectivity index (χ2v) is 9.99. The fraction of sp³-hybridized carbons (Fsp3) is 0.923. The van der Waals surface area contributed by atoms with Crippen molar-refractivity contribution < 1.29 is 9.59 Å². The van der Waals surface area contributed by atoms with Gasteiger partial charge in [0.05, 0.1) is 0 Å². The Bertz CT molecular complexity index is 369. The Labute approximate surface area is 197 Å². The molecule has 4 nitrogen and oxygen atoms in total. The molecule has 0 radical (unpaired) electrons. The molecule has 0 aliphatic rings. The maximum absolute atomic E-state index is 11.8. The van der Waals surface area contributed by atoms with Crippen LogP contribution in [0, 0.1) is 0 Å². The third-order valence-electron chi connectivity index (χ3n) is 5.65. The van der Waals surface area contributed by atoms with Gasteiger partial charge in [0.15, 0.2) is 0 Å². The third-order valence-corrected chi connectivity index (χ3v) is 6.64. The van der Waals surface area contributed by atoms with Gasteiger partial charge in [0.1, 0.15) is 0 Å². The van der Waals surface area contributed by atoms with Crippen LogP contribution in [0.3, 0.4) is 0 Å². The van der Waals surface area contributed by atoms with Crippen LogP contribution in [0.4, 0.5) is 0 Å². The van der Waals surface area contributed by atoms with Crippen LogP contribution in [0.25, 0.3) is 0 Å². The number of hydrogen-bond acceptors (Lipinski definition) is 3. The zero-order valence-corrected chi connectivity index (χ0v) is 21.6. The molecule has 31 heavy (non-hydrogen) atoms. The van der Waals surface area contributed by atoms with Crippen LogP contribution in [-0.2, 0) is 9.59 Å². The summed E-state index contributed by atoms with van der Waals surface area (Å²) < 4.78 is 0. The molecule has 0 unspecified atom stereocenters. The van der Waals surface area contributed by atoms with E-state index in [1.165, 1.54) is 89.9 Å². The molecule has 0 fully saturated rings. The lowest BCUT2D eigenvalue weighted by molar-refractivity contribution is -0.121. The molecule has 0 bridgehead atoms. The lowest BCUT2D eigenvalue weighted by atomic mass is 10.1. The molecule has 0 aliphatic carbocycles. The fourth-order valence-corrected chi connectivity index (χ4v) is 4.45. The van der Waals surface area contributed by atoms with Crippen molar-refractivity contribution in [2.24, 2.45) is 0 Å². The van der Waals surface area contributed by atoms with Crippen LogP contribution in [0.1, 0.15) is 129 Å². The smallest absolute Gasteiger partial charge is 0.220 e. The first-order valence-corrected chi connectivity index (χ1v) is 14.5. The van der Waals surface area contributed by atoms with Crippen molar-refractivity contribution in [3.05, 3.63) is 0 Å². The van der Waals surface area contributed by atoms with E-state index in [0.29, 0.717) is 12.8 Å². The van der Waals surface area contributed by atoms with E-state index in [1.807, 2.05) is 0 Å². The summed E-state index contributed by atoms with van der Waals surface area (Å²) in [5.74, 6) is 1.90. The van der Waals surface area contributed by atoms with Crippen molar-refractivity contribution in [2.45, 2.75) is 129 Å². The van der Waals surface area contributed by atoms with Gasteiger partial charge < -0.3 is 10.6 Å². The van der Waals surface area contributed by atoms with Crippen molar-refractivity contribution in [3.63, 3.8) is 0 Å². The van der Waals surface area contributed by atoms with E-state index >= 15 is 0 Å². The lowest BCUT2D eigenvalue weighted by Gasteiger charge is -2.07. The standard InChI is InChI=1S/C26H52N2O2S/c1-3-5-7-9-11-13-15-17-21-27-25(29)19-23-31-24-20-26(30)28-22-18-16-14-12-10-8-6-4-2/h3-24H2,1-2H3,(H,27,29)(H,28,30). The summed E-state index contributed by atoms with van der Waals surface area (Å²) in [7, 11) is 0. The largest absolute Gasteiger partial charge is 0.356 e. The number of carbonyl (C=O) groups excluding carboxylic acids is 2. The van der Waals surface area contributed by atoms with Crippen molar-refractivity contribution in [1.82, 2.24) is 10.6 Å². The number of rotatable bonds is 24. The fourth-order valence-electron chi connectivity index (χ4n) is 3.58. The van der Waals surface area contributed by atoms with Gasteiger partial charge >= 0.3 is 0 Å². The van der Waals surface area contributed by atoms with Crippen LogP contribution in [0.2, 0.25) is 0 Å². The summed E-state index contributed by atoms with van der Waals surface area (Å²) in [6.07, 6.45) is 21.7. The molecule has 2 amide bonds. The van der Waals surface area contributed by atoms with Gasteiger partial charge in [0.25, 0.3) is 0 Å². The minimum atomic E-state index is 0.148. The molecule has 0 saturated heterocycles. The second kappa shape index (κ2) is 25.5. The Hall–Kier alpha value is -0.710. The molecule has 5 heteroatoms. The molecular weight excluding hydrogens is 404 g/mol. The van der Waals surface area contributed by atoms with E-state index in [1.54, 1.807) is 11.8 Å². The number of unbranched alkanes of at least 4 members (excludes halogenated alkanes) is 14. The van der Waals surface area contributed by atoms with Gasteiger partial charge in [-0.1, -0.05) is 104 Å². The highest BCUT2D eigenvalue weighted by molar-refractivity contribution is 7.99. The van der Waals surface area contributed by atoms with E-state index in [-0.39, 0.29) is 11.8 Å². The minimum Gasteiger partial charge on any atom is -0.356 e. The van der Waals surface area contributed by atoms with Crippen LogP contribution < -0.4 is 10.6 Å². The summed E-state index contributed by atoms with van der Waals surface area (Å²) in [5.41, 5.74) is 0. The third kappa shape index (κ3) is 25.4. The highest BCUT2D eigenvalue weighted by Gasteiger charge is 2.03. The first-order valence-electron chi connectivity index (χ1n) is 13.3. The summed E-state index contributed by atoms with van der Waals surface area (Å²) in [5, 5.41) is 6.04. The second-order valence-electron chi connectivity index (χ2n) is 8.76. The van der Waals surface area contributed by atoms with E-state index in [4.69, 9.17) is 0 Å². The Morgan fingerprint density at radius 1 is 0.516 bits per heavy atom. The molecule has 0 rings (SSSR count). The Balaban J connectivity index is 3.28. The van der Waals surface area contributed by atoms with Crippen molar-refractivity contribution in [3.8, 4) is 0 Å². The SMILES string of the molecule is CCCCCCCCCCNC(=O)CCSCCC(=O)NCCCCCCCCCC. The van der Waals surface area contributed by atoms with Crippen LogP contribution in [0.5, 0.6) is 0 Å². The van der Waals surface area contributed by atoms with Gasteiger partial charge in [-0.05, 0) is 12.8 Å². The summed E-state index contributed by atoms with van der Waals surface area (Å²) in [4.78, 5) is 23.7. The monoisotopic (exact) mass is 456 g/mol. The number of carbonyl (C=O) groups is 2. The Morgan fingerprint density at radius 3 is 1.19 bits per heavy atom. The number of nitrogens with one attached hydrogen (secondary N) is 2.